The zero-order valence-corrected chi connectivity index (χ0v) is 12.0. The van der Waals surface area contributed by atoms with Crippen LogP contribution in [0.4, 0.5) is 0 Å². The van der Waals surface area contributed by atoms with Crippen LogP contribution >= 0.6 is 23.2 Å². The van der Waals surface area contributed by atoms with Gasteiger partial charge in [0.2, 0.25) is 0 Å². The van der Waals surface area contributed by atoms with Crippen LogP contribution in [-0.4, -0.2) is 30.4 Å². The molecule has 1 aliphatic carbocycles. The highest BCUT2D eigenvalue weighted by atomic mass is 35.5. The Kier molecular flexibility index (Phi) is 5.52. The Balaban J connectivity index is 1.73. The Labute approximate surface area is 123 Å². The minimum Gasteiger partial charge on any atom is -0.489 e. The molecule has 0 aliphatic heterocycles. The molecule has 104 valence electrons. The number of rotatable bonds is 6. The van der Waals surface area contributed by atoms with Gasteiger partial charge >= 0.3 is 0 Å². The Morgan fingerprint density at radius 3 is 2.79 bits per heavy atom. The van der Waals surface area contributed by atoms with Gasteiger partial charge in [0.25, 0.3) is 0 Å². The summed E-state index contributed by atoms with van der Waals surface area (Å²) < 4.78 is 5.47. The average Bonchev–Trinajstić information content (AvgIpc) is 2.90. The lowest BCUT2D eigenvalue weighted by Gasteiger charge is -2.17. The normalized spacial score (nSPS) is 16.8. The van der Waals surface area contributed by atoms with Crippen LogP contribution in [-0.2, 0) is 0 Å². The molecule has 1 aliphatic rings. The first-order chi connectivity index (χ1) is 9.15. The first-order valence-electron chi connectivity index (χ1n) is 6.29. The van der Waals surface area contributed by atoms with Gasteiger partial charge in [0, 0.05) is 23.7 Å². The van der Waals surface area contributed by atoms with Crippen molar-refractivity contribution in [2.45, 2.75) is 25.0 Å². The third-order valence-corrected chi connectivity index (χ3v) is 3.52. The Bertz CT molecular complexity index is 443. The number of aliphatic hydroxyl groups excluding tert-OH is 1. The highest BCUT2D eigenvalue weighted by molar-refractivity contribution is 6.34. The van der Waals surface area contributed by atoms with E-state index in [2.05, 4.69) is 17.5 Å². The van der Waals surface area contributed by atoms with E-state index in [4.69, 9.17) is 27.9 Å². The monoisotopic (exact) mass is 301 g/mol. The maximum absolute atomic E-state index is 9.85. The second-order valence-electron chi connectivity index (χ2n) is 4.59. The molecule has 0 amide bonds. The summed E-state index contributed by atoms with van der Waals surface area (Å²) in [5, 5.41) is 14.2. The van der Waals surface area contributed by atoms with E-state index >= 15 is 0 Å². The molecule has 0 saturated heterocycles. The summed E-state index contributed by atoms with van der Waals surface area (Å²) in [5.41, 5.74) is 0. The number of benzene rings is 1. The molecule has 2 rings (SSSR count). The van der Waals surface area contributed by atoms with Crippen molar-refractivity contribution in [3.8, 4) is 5.75 Å². The summed E-state index contributed by atoms with van der Waals surface area (Å²) in [6, 6.07) is 5.45. The molecular weight excluding hydrogens is 285 g/mol. The maximum Gasteiger partial charge on any atom is 0.139 e. The first kappa shape index (κ1) is 14.7. The number of hydrogen-bond donors (Lipinski definition) is 2. The van der Waals surface area contributed by atoms with E-state index in [9.17, 15) is 5.11 Å². The zero-order chi connectivity index (χ0) is 13.7. The van der Waals surface area contributed by atoms with Crippen LogP contribution < -0.4 is 10.1 Å². The van der Waals surface area contributed by atoms with Crippen molar-refractivity contribution in [1.82, 2.24) is 5.32 Å². The average molecular weight is 302 g/mol. The summed E-state index contributed by atoms with van der Waals surface area (Å²) >= 11 is 11.8. The molecule has 3 nitrogen and oxygen atoms in total. The second kappa shape index (κ2) is 7.15. The van der Waals surface area contributed by atoms with Gasteiger partial charge in [-0.05, 0) is 25.0 Å². The summed E-state index contributed by atoms with van der Waals surface area (Å²) in [4.78, 5) is 0. The Morgan fingerprint density at radius 2 is 2.05 bits per heavy atom. The van der Waals surface area contributed by atoms with Gasteiger partial charge in [-0.1, -0.05) is 35.4 Å². The van der Waals surface area contributed by atoms with Crippen LogP contribution in [0, 0.1) is 0 Å². The highest BCUT2D eigenvalue weighted by Crippen LogP contribution is 2.27. The van der Waals surface area contributed by atoms with Gasteiger partial charge in [0.05, 0.1) is 5.02 Å². The van der Waals surface area contributed by atoms with E-state index in [1.165, 1.54) is 0 Å². The number of nitrogens with one attached hydrogen (secondary N) is 1. The van der Waals surface area contributed by atoms with E-state index in [-0.39, 0.29) is 6.61 Å². The minimum atomic E-state index is -0.573. The van der Waals surface area contributed by atoms with Crippen LogP contribution in [0.15, 0.2) is 30.4 Å². The van der Waals surface area contributed by atoms with Crippen molar-refractivity contribution < 1.29 is 9.84 Å². The molecule has 0 spiro atoms. The molecule has 0 aromatic heterocycles. The van der Waals surface area contributed by atoms with Crippen LogP contribution in [0.2, 0.25) is 10.0 Å². The summed E-state index contributed by atoms with van der Waals surface area (Å²) in [6.07, 6.45) is 5.76. The predicted octanol–water partition coefficient (Wildman–Crippen LogP) is 3.04. The molecule has 2 N–H and O–H groups in total. The van der Waals surface area contributed by atoms with Crippen molar-refractivity contribution in [2.75, 3.05) is 13.2 Å². The lowest BCUT2D eigenvalue weighted by molar-refractivity contribution is 0.104. The van der Waals surface area contributed by atoms with Crippen molar-refractivity contribution in [3.63, 3.8) is 0 Å². The quantitative estimate of drug-likeness (QED) is 0.794. The lowest BCUT2D eigenvalue weighted by Crippen LogP contribution is -2.36. The zero-order valence-electron chi connectivity index (χ0n) is 10.5. The molecule has 0 heterocycles. The molecule has 1 aromatic rings. The van der Waals surface area contributed by atoms with Gasteiger partial charge in [-0.25, -0.2) is 0 Å². The largest absolute Gasteiger partial charge is 0.489 e. The van der Waals surface area contributed by atoms with Gasteiger partial charge in [0.15, 0.2) is 0 Å². The number of halogens is 2. The molecule has 19 heavy (non-hydrogen) atoms. The molecule has 0 fully saturated rings. The number of hydrogen-bond acceptors (Lipinski definition) is 3. The van der Waals surface area contributed by atoms with Gasteiger partial charge in [-0.3, -0.25) is 0 Å². The van der Waals surface area contributed by atoms with E-state index in [1.807, 2.05) is 0 Å². The highest BCUT2D eigenvalue weighted by Gasteiger charge is 2.13. The molecule has 0 saturated carbocycles. The van der Waals surface area contributed by atoms with Crippen molar-refractivity contribution in [3.05, 3.63) is 40.4 Å². The molecule has 1 aromatic carbocycles. The van der Waals surface area contributed by atoms with Crippen molar-refractivity contribution in [1.29, 1.82) is 0 Å². The fraction of sp³-hybridized carbons (Fsp3) is 0.429. The third-order valence-electron chi connectivity index (χ3n) is 2.97. The fourth-order valence-corrected chi connectivity index (χ4v) is 2.25. The van der Waals surface area contributed by atoms with E-state index in [0.29, 0.717) is 28.4 Å². The molecule has 1 atom stereocenters. The Hall–Kier alpha value is -0.740. The van der Waals surface area contributed by atoms with E-state index in [0.717, 1.165) is 12.8 Å². The topological polar surface area (TPSA) is 41.5 Å². The van der Waals surface area contributed by atoms with Gasteiger partial charge < -0.3 is 15.2 Å². The van der Waals surface area contributed by atoms with Crippen LogP contribution in [0.3, 0.4) is 0 Å². The standard InChI is InChI=1S/C14H17Cl2NO2/c15-10-5-6-13(16)14(7-10)19-9-12(18)8-17-11-3-1-2-4-11/h1-2,5-7,11-12,17-18H,3-4,8-9H2. The summed E-state index contributed by atoms with van der Waals surface area (Å²) in [6.45, 7) is 0.692. The Morgan fingerprint density at radius 1 is 1.32 bits per heavy atom. The molecule has 0 radical (unpaired) electrons. The molecular formula is C14H17Cl2NO2. The van der Waals surface area contributed by atoms with Gasteiger partial charge in [0.1, 0.15) is 18.5 Å². The smallest absolute Gasteiger partial charge is 0.139 e. The first-order valence-corrected chi connectivity index (χ1v) is 7.05. The van der Waals surface area contributed by atoms with Crippen LogP contribution in [0.25, 0.3) is 0 Å². The number of ether oxygens (including phenoxy) is 1. The molecule has 5 heteroatoms. The number of aliphatic hydroxyl groups is 1. The second-order valence-corrected chi connectivity index (χ2v) is 5.43. The fourth-order valence-electron chi connectivity index (χ4n) is 1.92. The SMILES string of the molecule is OC(CNC1CC=CC1)COc1cc(Cl)ccc1Cl. The molecule has 0 bridgehead atoms. The van der Waals surface area contributed by atoms with Crippen LogP contribution in [0.5, 0.6) is 5.75 Å². The third kappa shape index (κ3) is 4.69. The minimum absolute atomic E-state index is 0.188. The van der Waals surface area contributed by atoms with Gasteiger partial charge in [-0.15, -0.1) is 0 Å². The summed E-state index contributed by atoms with van der Waals surface area (Å²) in [5.74, 6) is 0.496. The van der Waals surface area contributed by atoms with Crippen molar-refractivity contribution in [2.24, 2.45) is 0 Å². The van der Waals surface area contributed by atoms with E-state index in [1.54, 1.807) is 18.2 Å². The molecule has 1 unspecified atom stereocenters. The summed E-state index contributed by atoms with van der Waals surface area (Å²) in [7, 11) is 0. The predicted molar refractivity (Wildman–Crippen MR) is 78.1 cm³/mol. The van der Waals surface area contributed by atoms with E-state index < -0.39 is 6.10 Å². The maximum atomic E-state index is 9.85. The van der Waals surface area contributed by atoms with Gasteiger partial charge in [-0.2, -0.15) is 0 Å². The lowest BCUT2D eigenvalue weighted by atomic mass is 10.2. The van der Waals surface area contributed by atoms with Crippen molar-refractivity contribution >= 4 is 23.2 Å². The van der Waals surface area contributed by atoms with Crippen LogP contribution in [0.1, 0.15) is 12.8 Å².